The lowest BCUT2D eigenvalue weighted by Crippen LogP contribution is -2.56. The molecule has 0 aromatic heterocycles. The highest BCUT2D eigenvalue weighted by Crippen LogP contribution is 2.25. The minimum absolute atomic E-state index is 0.113. The molecule has 0 spiro atoms. The molecule has 0 unspecified atom stereocenters. The minimum atomic E-state index is -2.45. The van der Waals surface area contributed by atoms with Crippen LogP contribution in [0.4, 0.5) is 0 Å². The van der Waals surface area contributed by atoms with E-state index in [9.17, 15) is 20.4 Å². The summed E-state index contributed by atoms with van der Waals surface area (Å²) in [5, 5.41) is 38.3. The van der Waals surface area contributed by atoms with Gasteiger partial charge in [-0.1, -0.05) is 13.8 Å². The lowest BCUT2D eigenvalue weighted by atomic mass is 9.88. The Kier molecular flexibility index (Phi) is 13.4. The van der Waals surface area contributed by atoms with Gasteiger partial charge in [0, 0.05) is 10.8 Å². The van der Waals surface area contributed by atoms with E-state index in [1.807, 2.05) is 26.9 Å². The van der Waals surface area contributed by atoms with Crippen LogP contribution in [-0.2, 0) is 17.7 Å². The maximum Gasteiger partial charge on any atom is 0.311 e. The predicted octanol–water partition coefficient (Wildman–Crippen LogP) is 2.01. The largest absolute Gasteiger partial charge is 0.435 e. The Balaban J connectivity index is 4.77. The van der Waals surface area contributed by atoms with Crippen molar-refractivity contribution in [1.82, 2.24) is 0 Å². The van der Waals surface area contributed by atoms with Crippen LogP contribution in [0.2, 0.25) is 39.3 Å². The third kappa shape index (κ3) is 11.3. The molecule has 0 aliphatic carbocycles. The van der Waals surface area contributed by atoms with Gasteiger partial charge < -0.3 is 38.1 Å². The standard InChI is InChI=1S/C20H48O8Si3/c1-9-19(11-21,12-22)15-25-17-29(3,4)27-31(7,8)28-30(5,6)18-26-16-20(10-2,13-23)14-24/h21-24H,9-18H2,1-8H3. The number of aliphatic hydroxyl groups is 4. The fourth-order valence-electron chi connectivity index (χ4n) is 3.37. The summed E-state index contributed by atoms with van der Waals surface area (Å²) in [6.07, 6.45) is 2.19. The van der Waals surface area contributed by atoms with Gasteiger partial charge in [-0.3, -0.25) is 0 Å². The molecule has 0 atom stereocenters. The molecule has 0 saturated heterocycles. The summed E-state index contributed by atoms with van der Waals surface area (Å²) >= 11 is 0. The first-order chi connectivity index (χ1) is 14.2. The van der Waals surface area contributed by atoms with Crippen LogP contribution in [0, 0.1) is 10.8 Å². The van der Waals surface area contributed by atoms with Crippen molar-refractivity contribution in [2.75, 3.05) is 52.1 Å². The molecule has 0 radical (unpaired) electrons. The van der Waals surface area contributed by atoms with E-state index in [2.05, 4.69) is 26.2 Å². The molecule has 0 aromatic carbocycles. The highest BCUT2D eigenvalue weighted by atomic mass is 28.5. The lowest BCUT2D eigenvalue weighted by Gasteiger charge is -2.39. The van der Waals surface area contributed by atoms with E-state index in [0.29, 0.717) is 38.5 Å². The van der Waals surface area contributed by atoms with Crippen LogP contribution in [0.25, 0.3) is 0 Å². The Morgan fingerprint density at radius 3 is 1.10 bits per heavy atom. The molecule has 0 aliphatic heterocycles. The van der Waals surface area contributed by atoms with Gasteiger partial charge in [-0.2, -0.15) is 0 Å². The topological polar surface area (TPSA) is 118 Å². The van der Waals surface area contributed by atoms with E-state index < -0.39 is 36.0 Å². The van der Waals surface area contributed by atoms with E-state index in [1.54, 1.807) is 0 Å². The van der Waals surface area contributed by atoms with E-state index in [1.165, 1.54) is 0 Å². The van der Waals surface area contributed by atoms with Gasteiger partial charge in [0.05, 0.1) is 52.1 Å². The third-order valence-corrected chi connectivity index (χ3v) is 15.8. The van der Waals surface area contributed by atoms with Crippen LogP contribution in [-0.4, -0.2) is 97.7 Å². The van der Waals surface area contributed by atoms with Gasteiger partial charge in [-0.15, -0.1) is 0 Å². The van der Waals surface area contributed by atoms with Gasteiger partial charge in [-0.05, 0) is 52.1 Å². The van der Waals surface area contributed by atoms with Crippen LogP contribution in [0.5, 0.6) is 0 Å². The highest BCUT2D eigenvalue weighted by Gasteiger charge is 2.41. The number of hydrogen-bond donors (Lipinski definition) is 4. The summed E-state index contributed by atoms with van der Waals surface area (Å²) in [5.74, 6) is 0. The smallest absolute Gasteiger partial charge is 0.311 e. The highest BCUT2D eigenvalue weighted by molar-refractivity contribution is 6.87. The molecule has 8 nitrogen and oxygen atoms in total. The molecule has 11 heteroatoms. The van der Waals surface area contributed by atoms with Crippen molar-refractivity contribution in [3.63, 3.8) is 0 Å². The summed E-state index contributed by atoms with van der Waals surface area (Å²) < 4.78 is 24.7. The Labute approximate surface area is 192 Å². The number of aliphatic hydroxyl groups excluding tert-OH is 4. The van der Waals surface area contributed by atoms with Gasteiger partial charge in [0.1, 0.15) is 0 Å². The second-order valence-corrected chi connectivity index (χ2v) is 22.5. The summed E-state index contributed by atoms with van der Waals surface area (Å²) in [7, 11) is -6.83. The Hall–Kier alpha value is 0.331. The predicted molar refractivity (Wildman–Crippen MR) is 130 cm³/mol. The first kappa shape index (κ1) is 31.3. The first-order valence-electron chi connectivity index (χ1n) is 11.2. The Morgan fingerprint density at radius 2 is 0.871 bits per heavy atom. The van der Waals surface area contributed by atoms with Crippen LogP contribution < -0.4 is 0 Å². The molecule has 0 amide bonds. The quantitative estimate of drug-likeness (QED) is 0.211. The van der Waals surface area contributed by atoms with Crippen molar-refractivity contribution < 1.29 is 38.1 Å². The zero-order valence-corrected chi connectivity index (χ0v) is 24.0. The van der Waals surface area contributed by atoms with E-state index >= 15 is 0 Å². The summed E-state index contributed by atoms with van der Waals surface area (Å²) in [6, 6.07) is 0. The molecule has 0 heterocycles. The summed E-state index contributed by atoms with van der Waals surface area (Å²) in [6.45, 7) is 16.4. The van der Waals surface area contributed by atoms with Crippen LogP contribution in [0.15, 0.2) is 0 Å². The van der Waals surface area contributed by atoms with Crippen molar-refractivity contribution in [3.8, 4) is 0 Å². The molecule has 188 valence electrons. The molecule has 4 N–H and O–H groups in total. The second-order valence-electron chi connectivity index (χ2n) is 10.4. The molecule has 0 saturated carbocycles. The van der Waals surface area contributed by atoms with Crippen molar-refractivity contribution in [2.45, 2.75) is 66.0 Å². The molecule has 31 heavy (non-hydrogen) atoms. The molecule has 0 rings (SSSR count). The third-order valence-electron chi connectivity index (χ3n) is 5.60. The summed E-state index contributed by atoms with van der Waals surface area (Å²) in [4.78, 5) is 0. The molecule has 0 bridgehead atoms. The maximum atomic E-state index is 9.58. The lowest BCUT2D eigenvalue weighted by molar-refractivity contribution is -0.0220. The molecule has 0 aromatic rings. The van der Waals surface area contributed by atoms with Gasteiger partial charge in [0.25, 0.3) is 0 Å². The molecular weight excluding hydrogens is 452 g/mol. The van der Waals surface area contributed by atoms with Crippen LogP contribution in [0.1, 0.15) is 26.7 Å². The first-order valence-corrected chi connectivity index (χ1v) is 20.2. The minimum Gasteiger partial charge on any atom is -0.435 e. The van der Waals surface area contributed by atoms with Crippen molar-refractivity contribution in [1.29, 1.82) is 0 Å². The molecular formula is C20H48O8Si3. The van der Waals surface area contributed by atoms with Crippen LogP contribution in [0.3, 0.4) is 0 Å². The fraction of sp³-hybridized carbons (Fsp3) is 1.00. The zero-order valence-electron chi connectivity index (χ0n) is 21.0. The average molecular weight is 501 g/mol. The zero-order chi connectivity index (χ0) is 24.4. The van der Waals surface area contributed by atoms with Crippen molar-refractivity contribution in [2.24, 2.45) is 10.8 Å². The average Bonchev–Trinajstić information content (AvgIpc) is 2.67. The Bertz CT molecular complexity index is 436. The second kappa shape index (κ2) is 13.3. The maximum absolute atomic E-state index is 9.58. The Morgan fingerprint density at radius 1 is 0.581 bits per heavy atom. The number of hydrogen-bond acceptors (Lipinski definition) is 8. The van der Waals surface area contributed by atoms with Crippen molar-refractivity contribution >= 4 is 25.2 Å². The number of ether oxygens (including phenoxy) is 2. The fourth-order valence-corrected chi connectivity index (χ4v) is 16.2. The van der Waals surface area contributed by atoms with Gasteiger partial charge >= 0.3 is 8.56 Å². The van der Waals surface area contributed by atoms with E-state index in [-0.39, 0.29) is 26.4 Å². The number of rotatable bonds is 18. The van der Waals surface area contributed by atoms with Crippen molar-refractivity contribution in [3.05, 3.63) is 0 Å². The normalized spacial score (nSPS) is 14.3. The van der Waals surface area contributed by atoms with Gasteiger partial charge in [-0.25, -0.2) is 0 Å². The van der Waals surface area contributed by atoms with Gasteiger partial charge in [0.2, 0.25) is 16.6 Å². The van der Waals surface area contributed by atoms with Crippen LogP contribution >= 0.6 is 0 Å². The van der Waals surface area contributed by atoms with E-state index in [0.717, 1.165) is 0 Å². The summed E-state index contributed by atoms with van der Waals surface area (Å²) in [5.41, 5.74) is -1.23. The molecule has 0 fully saturated rings. The van der Waals surface area contributed by atoms with E-state index in [4.69, 9.17) is 17.7 Å². The molecule has 0 aliphatic rings. The monoisotopic (exact) mass is 500 g/mol. The SMILES string of the molecule is CCC(CO)(CO)COC[Si](C)(C)O[Si](C)(C)O[Si](C)(C)COCC(CC)(CO)CO. The van der Waals surface area contributed by atoms with Gasteiger partial charge in [0.15, 0.2) is 0 Å².